The van der Waals surface area contributed by atoms with Crippen LogP contribution in [0.15, 0.2) is 24.3 Å². The summed E-state index contributed by atoms with van der Waals surface area (Å²) in [5.74, 6) is 0.704. The van der Waals surface area contributed by atoms with Crippen molar-refractivity contribution >= 4 is 11.9 Å². The van der Waals surface area contributed by atoms with Gasteiger partial charge in [0.15, 0.2) is 0 Å². The highest BCUT2D eigenvalue weighted by atomic mass is 16.5. The number of fused-ring (bicyclic) bond motifs is 1. The van der Waals surface area contributed by atoms with Crippen molar-refractivity contribution in [2.75, 3.05) is 13.2 Å². The van der Waals surface area contributed by atoms with Gasteiger partial charge in [-0.1, -0.05) is 18.2 Å². The Morgan fingerprint density at radius 3 is 3.00 bits per heavy atom. The average Bonchev–Trinajstić information content (AvgIpc) is 2.85. The Kier molecular flexibility index (Phi) is 2.98. The molecule has 2 atom stereocenters. The van der Waals surface area contributed by atoms with Gasteiger partial charge in [-0.25, -0.2) is 4.79 Å². The molecule has 3 amide bonds. The van der Waals surface area contributed by atoms with Gasteiger partial charge >= 0.3 is 6.03 Å². The summed E-state index contributed by atoms with van der Waals surface area (Å²) in [6.45, 7) is 0.783. The number of hydrogen-bond acceptors (Lipinski definition) is 3. The van der Waals surface area contributed by atoms with Gasteiger partial charge in [-0.05, 0) is 18.1 Å². The number of rotatable bonds is 2. The lowest BCUT2D eigenvalue weighted by atomic mass is 10.0. The van der Waals surface area contributed by atoms with E-state index in [9.17, 15) is 9.59 Å². The highest BCUT2D eigenvalue weighted by Gasteiger charge is 2.29. The number of para-hydroxylation sites is 1. The smallest absolute Gasteiger partial charge is 0.315 e. The van der Waals surface area contributed by atoms with E-state index in [0.29, 0.717) is 13.2 Å². The number of urea groups is 1. The maximum atomic E-state index is 11.9. The molecule has 2 heterocycles. The van der Waals surface area contributed by atoms with Gasteiger partial charge in [-0.2, -0.15) is 0 Å². The molecule has 2 aliphatic heterocycles. The highest BCUT2D eigenvalue weighted by Crippen LogP contribution is 2.23. The second kappa shape index (κ2) is 4.79. The molecule has 1 fully saturated rings. The van der Waals surface area contributed by atoms with E-state index in [1.807, 2.05) is 24.3 Å². The molecule has 0 bridgehead atoms. The number of carbonyl (C=O) groups excluding carboxylic acids is 2. The summed E-state index contributed by atoms with van der Waals surface area (Å²) in [4.78, 5) is 22.9. The fourth-order valence-corrected chi connectivity index (χ4v) is 2.34. The third kappa shape index (κ3) is 2.47. The molecule has 1 aromatic carbocycles. The first kappa shape index (κ1) is 11.8. The van der Waals surface area contributed by atoms with Crippen LogP contribution in [0.5, 0.6) is 5.75 Å². The van der Waals surface area contributed by atoms with Gasteiger partial charge in [0.2, 0.25) is 5.91 Å². The Morgan fingerprint density at radius 1 is 1.37 bits per heavy atom. The maximum absolute atomic E-state index is 11.9. The van der Waals surface area contributed by atoms with E-state index in [4.69, 9.17) is 4.74 Å². The molecule has 3 N–H and O–H groups in total. The van der Waals surface area contributed by atoms with Gasteiger partial charge < -0.3 is 20.7 Å². The summed E-state index contributed by atoms with van der Waals surface area (Å²) in [6, 6.07) is 6.95. The van der Waals surface area contributed by atoms with Crippen molar-refractivity contribution in [3.8, 4) is 5.75 Å². The van der Waals surface area contributed by atoms with Crippen LogP contribution in [0.25, 0.3) is 0 Å². The monoisotopic (exact) mass is 261 g/mol. The van der Waals surface area contributed by atoms with Crippen molar-refractivity contribution in [3.63, 3.8) is 0 Å². The second-order valence-corrected chi connectivity index (χ2v) is 4.74. The minimum Gasteiger partial charge on any atom is -0.491 e. The van der Waals surface area contributed by atoms with Crippen LogP contribution in [0.3, 0.4) is 0 Å². The normalized spacial score (nSPS) is 24.7. The van der Waals surface area contributed by atoms with Crippen LogP contribution >= 0.6 is 0 Å². The fraction of sp³-hybridized carbons (Fsp3) is 0.385. The molecular formula is C13H15N3O3. The summed E-state index contributed by atoms with van der Waals surface area (Å²) in [5, 5.41) is 8.02. The molecule has 0 spiro atoms. The molecule has 2 aliphatic rings. The highest BCUT2D eigenvalue weighted by molar-refractivity contribution is 5.90. The molecule has 0 saturated carbocycles. The lowest BCUT2D eigenvalue weighted by Gasteiger charge is -2.26. The molecule has 3 rings (SSSR count). The first-order valence-electron chi connectivity index (χ1n) is 6.28. The van der Waals surface area contributed by atoms with Crippen LogP contribution in [-0.4, -0.2) is 37.2 Å². The molecule has 100 valence electrons. The molecule has 19 heavy (non-hydrogen) atoms. The van der Waals surface area contributed by atoms with Crippen molar-refractivity contribution in [1.82, 2.24) is 16.0 Å². The van der Waals surface area contributed by atoms with Gasteiger partial charge in [0.25, 0.3) is 0 Å². The predicted octanol–water partition coefficient (Wildman–Crippen LogP) is -0.212. The Balaban J connectivity index is 1.60. The van der Waals surface area contributed by atoms with E-state index in [0.717, 1.165) is 17.7 Å². The third-order valence-electron chi connectivity index (χ3n) is 3.31. The first-order chi connectivity index (χ1) is 9.22. The Morgan fingerprint density at radius 2 is 2.21 bits per heavy atom. The Labute approximate surface area is 110 Å². The quantitative estimate of drug-likeness (QED) is 0.689. The van der Waals surface area contributed by atoms with E-state index in [1.165, 1.54) is 0 Å². The van der Waals surface area contributed by atoms with Crippen molar-refractivity contribution < 1.29 is 14.3 Å². The molecule has 6 heteroatoms. The largest absolute Gasteiger partial charge is 0.491 e. The summed E-state index contributed by atoms with van der Waals surface area (Å²) >= 11 is 0. The van der Waals surface area contributed by atoms with E-state index in [1.54, 1.807) is 0 Å². The number of ether oxygens (including phenoxy) is 1. The number of nitrogens with one attached hydrogen (secondary N) is 3. The summed E-state index contributed by atoms with van der Waals surface area (Å²) in [6.07, 6.45) is 0.746. The Hall–Kier alpha value is -2.24. The number of amides is 3. The zero-order valence-corrected chi connectivity index (χ0v) is 10.3. The SMILES string of the molecule is O=C1NC[C@@H](C(=O)N[C@H]2COc3ccccc3C2)N1. The molecule has 0 unspecified atom stereocenters. The number of benzene rings is 1. The second-order valence-electron chi connectivity index (χ2n) is 4.74. The lowest BCUT2D eigenvalue weighted by Crippen LogP contribution is -2.50. The standard InChI is InChI=1S/C13H15N3O3/c17-12(10-6-14-13(18)16-10)15-9-5-8-3-1-2-4-11(8)19-7-9/h1-4,9-10H,5-7H2,(H,15,17)(H2,14,16,18)/t9-,10+/m1/s1. The topological polar surface area (TPSA) is 79.5 Å². The van der Waals surface area contributed by atoms with Crippen molar-refractivity contribution in [1.29, 1.82) is 0 Å². The molecule has 0 aromatic heterocycles. The van der Waals surface area contributed by atoms with Crippen LogP contribution in [0, 0.1) is 0 Å². The van der Waals surface area contributed by atoms with Crippen LogP contribution in [-0.2, 0) is 11.2 Å². The molecular weight excluding hydrogens is 246 g/mol. The minimum atomic E-state index is -0.496. The van der Waals surface area contributed by atoms with Crippen molar-refractivity contribution in [3.05, 3.63) is 29.8 Å². The van der Waals surface area contributed by atoms with Gasteiger partial charge in [0.1, 0.15) is 18.4 Å². The zero-order valence-electron chi connectivity index (χ0n) is 10.3. The van der Waals surface area contributed by atoms with Gasteiger partial charge in [0.05, 0.1) is 6.04 Å². The van der Waals surface area contributed by atoms with E-state index in [-0.39, 0.29) is 18.0 Å². The number of hydrogen-bond donors (Lipinski definition) is 3. The average molecular weight is 261 g/mol. The van der Waals surface area contributed by atoms with Crippen LogP contribution in [0.1, 0.15) is 5.56 Å². The number of carbonyl (C=O) groups is 2. The Bertz CT molecular complexity index is 518. The van der Waals surface area contributed by atoms with Crippen LogP contribution < -0.4 is 20.7 Å². The van der Waals surface area contributed by atoms with Crippen LogP contribution in [0.4, 0.5) is 4.79 Å². The molecule has 0 radical (unpaired) electrons. The van der Waals surface area contributed by atoms with E-state index in [2.05, 4.69) is 16.0 Å². The van der Waals surface area contributed by atoms with Gasteiger partial charge in [-0.3, -0.25) is 4.79 Å². The third-order valence-corrected chi connectivity index (χ3v) is 3.31. The summed E-state index contributed by atoms with van der Waals surface area (Å²) in [7, 11) is 0. The fourth-order valence-electron chi connectivity index (χ4n) is 2.34. The molecule has 0 aliphatic carbocycles. The van der Waals surface area contributed by atoms with E-state index < -0.39 is 6.04 Å². The van der Waals surface area contributed by atoms with Crippen molar-refractivity contribution in [2.24, 2.45) is 0 Å². The molecule has 1 aromatic rings. The minimum absolute atomic E-state index is 0.0556. The summed E-state index contributed by atoms with van der Waals surface area (Å²) in [5.41, 5.74) is 1.09. The predicted molar refractivity (Wildman–Crippen MR) is 67.9 cm³/mol. The maximum Gasteiger partial charge on any atom is 0.315 e. The first-order valence-corrected chi connectivity index (χ1v) is 6.28. The van der Waals surface area contributed by atoms with Crippen LogP contribution in [0.2, 0.25) is 0 Å². The van der Waals surface area contributed by atoms with Gasteiger partial charge in [0, 0.05) is 6.54 Å². The lowest BCUT2D eigenvalue weighted by molar-refractivity contribution is -0.123. The van der Waals surface area contributed by atoms with Crippen molar-refractivity contribution in [2.45, 2.75) is 18.5 Å². The zero-order chi connectivity index (χ0) is 13.2. The molecule has 1 saturated heterocycles. The van der Waals surface area contributed by atoms with Gasteiger partial charge in [-0.15, -0.1) is 0 Å². The molecule has 6 nitrogen and oxygen atoms in total. The van der Waals surface area contributed by atoms with E-state index >= 15 is 0 Å². The summed E-state index contributed by atoms with van der Waals surface area (Å²) < 4.78 is 5.60.